The van der Waals surface area contributed by atoms with Crippen molar-refractivity contribution in [2.24, 2.45) is 5.16 Å². The van der Waals surface area contributed by atoms with Crippen molar-refractivity contribution in [3.8, 4) is 0 Å². The van der Waals surface area contributed by atoms with Crippen molar-refractivity contribution in [1.29, 1.82) is 0 Å². The molecule has 0 heterocycles. The summed E-state index contributed by atoms with van der Waals surface area (Å²) in [5, 5.41) is 5.01. The van der Waals surface area contributed by atoms with E-state index in [4.69, 9.17) is 39.6 Å². The van der Waals surface area contributed by atoms with Gasteiger partial charge < -0.3 is 4.84 Å². The Morgan fingerprint density at radius 2 is 2.13 bits per heavy atom. The molecule has 0 radical (unpaired) electrons. The van der Waals surface area contributed by atoms with Crippen LogP contribution in [0.2, 0.25) is 10.0 Å². The highest BCUT2D eigenvalue weighted by Gasteiger charge is 2.09. The van der Waals surface area contributed by atoms with Crippen molar-refractivity contribution in [3.05, 3.63) is 33.8 Å². The van der Waals surface area contributed by atoms with E-state index in [0.29, 0.717) is 28.1 Å². The van der Waals surface area contributed by atoms with E-state index in [1.165, 1.54) is 7.11 Å². The molecule has 0 saturated heterocycles. The number of halogens is 3. The second-order valence-electron chi connectivity index (χ2n) is 2.78. The number of oxime groups is 1. The van der Waals surface area contributed by atoms with Gasteiger partial charge >= 0.3 is 0 Å². The van der Waals surface area contributed by atoms with Crippen LogP contribution in [0, 0.1) is 0 Å². The summed E-state index contributed by atoms with van der Waals surface area (Å²) in [4.78, 5) is 4.73. The van der Waals surface area contributed by atoms with E-state index in [1.807, 2.05) is 0 Å². The molecular weight excluding hydrogens is 256 g/mol. The molecular formula is C10H10Cl3NO. The van der Waals surface area contributed by atoms with Crippen LogP contribution >= 0.6 is 34.8 Å². The molecule has 0 amide bonds. The summed E-state index contributed by atoms with van der Waals surface area (Å²) in [7, 11) is 1.48. The van der Waals surface area contributed by atoms with E-state index in [0.717, 1.165) is 5.56 Å². The maximum atomic E-state index is 6.03. The van der Waals surface area contributed by atoms with Gasteiger partial charge in [0.15, 0.2) is 0 Å². The molecule has 82 valence electrons. The van der Waals surface area contributed by atoms with Gasteiger partial charge in [-0.2, -0.15) is 0 Å². The van der Waals surface area contributed by atoms with Crippen molar-refractivity contribution in [3.63, 3.8) is 0 Å². The normalized spacial score (nSPS) is 11.6. The van der Waals surface area contributed by atoms with Crippen LogP contribution in [-0.2, 0) is 4.84 Å². The molecule has 5 heteroatoms. The van der Waals surface area contributed by atoms with E-state index in [1.54, 1.807) is 18.2 Å². The molecule has 1 aromatic carbocycles. The standard InChI is InChI=1S/C10H10Cl3NO/c1-15-14-10(4-5-11)8-3-2-7(12)6-9(8)13/h2-3,6H,4-5H2,1H3. The summed E-state index contributed by atoms with van der Waals surface area (Å²) in [6.45, 7) is 0. The molecule has 0 fully saturated rings. The quantitative estimate of drug-likeness (QED) is 0.459. The van der Waals surface area contributed by atoms with E-state index in [-0.39, 0.29) is 0 Å². The molecule has 0 aliphatic rings. The smallest absolute Gasteiger partial charge is 0.106 e. The van der Waals surface area contributed by atoms with Crippen LogP contribution in [0.5, 0.6) is 0 Å². The second-order valence-corrected chi connectivity index (χ2v) is 4.01. The largest absolute Gasteiger partial charge is 0.399 e. The molecule has 0 unspecified atom stereocenters. The number of nitrogens with zero attached hydrogens (tertiary/aromatic N) is 1. The number of hydrogen-bond acceptors (Lipinski definition) is 2. The molecule has 0 saturated carbocycles. The lowest BCUT2D eigenvalue weighted by molar-refractivity contribution is 0.213. The Morgan fingerprint density at radius 1 is 1.40 bits per heavy atom. The van der Waals surface area contributed by atoms with Gasteiger partial charge in [0.1, 0.15) is 7.11 Å². The zero-order valence-corrected chi connectivity index (χ0v) is 10.4. The summed E-state index contributed by atoms with van der Waals surface area (Å²) >= 11 is 17.5. The van der Waals surface area contributed by atoms with E-state index >= 15 is 0 Å². The molecule has 0 aliphatic carbocycles. The Bertz CT molecular complexity index is 366. The van der Waals surface area contributed by atoms with E-state index in [2.05, 4.69) is 5.16 Å². The maximum absolute atomic E-state index is 6.03. The molecule has 0 atom stereocenters. The Hall–Kier alpha value is -0.440. The zero-order valence-electron chi connectivity index (χ0n) is 8.14. The lowest BCUT2D eigenvalue weighted by Crippen LogP contribution is -2.03. The average Bonchev–Trinajstić information content (AvgIpc) is 2.17. The highest BCUT2D eigenvalue weighted by molar-refractivity contribution is 6.37. The zero-order chi connectivity index (χ0) is 11.3. The fourth-order valence-electron chi connectivity index (χ4n) is 1.15. The van der Waals surface area contributed by atoms with Gasteiger partial charge in [-0.25, -0.2) is 0 Å². The molecule has 15 heavy (non-hydrogen) atoms. The molecule has 1 rings (SSSR count). The minimum atomic E-state index is 0.459. The van der Waals surface area contributed by atoms with Crippen LogP contribution < -0.4 is 0 Å². The molecule has 0 spiro atoms. The fourth-order valence-corrected chi connectivity index (χ4v) is 1.85. The minimum Gasteiger partial charge on any atom is -0.399 e. The lowest BCUT2D eigenvalue weighted by Gasteiger charge is -2.06. The third-order valence-electron chi connectivity index (χ3n) is 1.77. The molecule has 1 aromatic rings. The number of rotatable bonds is 4. The van der Waals surface area contributed by atoms with Crippen LogP contribution in [0.15, 0.2) is 23.4 Å². The van der Waals surface area contributed by atoms with Gasteiger partial charge in [-0.05, 0) is 12.1 Å². The van der Waals surface area contributed by atoms with Crippen molar-refractivity contribution >= 4 is 40.5 Å². The SMILES string of the molecule is CON=C(CCCl)c1ccc(Cl)cc1Cl. The number of benzene rings is 1. The number of alkyl halides is 1. The topological polar surface area (TPSA) is 21.6 Å². The fraction of sp³-hybridized carbons (Fsp3) is 0.300. The van der Waals surface area contributed by atoms with Crippen molar-refractivity contribution in [2.45, 2.75) is 6.42 Å². The monoisotopic (exact) mass is 265 g/mol. The highest BCUT2D eigenvalue weighted by atomic mass is 35.5. The minimum absolute atomic E-state index is 0.459. The van der Waals surface area contributed by atoms with Gasteiger partial charge in [-0.3, -0.25) is 0 Å². The van der Waals surface area contributed by atoms with E-state index < -0.39 is 0 Å². The summed E-state index contributed by atoms with van der Waals surface area (Å²) < 4.78 is 0. The van der Waals surface area contributed by atoms with Gasteiger partial charge in [0.25, 0.3) is 0 Å². The van der Waals surface area contributed by atoms with Gasteiger partial charge in [0.2, 0.25) is 0 Å². The van der Waals surface area contributed by atoms with Crippen LogP contribution in [0.1, 0.15) is 12.0 Å². The number of hydrogen-bond donors (Lipinski definition) is 0. The molecule has 0 bridgehead atoms. The van der Waals surface area contributed by atoms with Crippen LogP contribution in [0.4, 0.5) is 0 Å². The maximum Gasteiger partial charge on any atom is 0.106 e. The molecule has 0 aliphatic heterocycles. The third kappa shape index (κ3) is 3.56. The summed E-state index contributed by atoms with van der Waals surface area (Å²) in [6, 6.07) is 5.22. The Labute approximate surface area is 104 Å². The lowest BCUT2D eigenvalue weighted by atomic mass is 10.1. The van der Waals surface area contributed by atoms with Gasteiger partial charge in [0.05, 0.1) is 10.7 Å². The average molecular weight is 267 g/mol. The molecule has 0 aromatic heterocycles. The van der Waals surface area contributed by atoms with E-state index in [9.17, 15) is 0 Å². The first-order chi connectivity index (χ1) is 7.19. The first-order valence-corrected chi connectivity index (χ1v) is 5.59. The summed E-state index contributed by atoms with van der Waals surface area (Å²) in [5.41, 5.74) is 1.51. The predicted octanol–water partition coefficient (Wildman–Crippen LogP) is 3.97. The first-order valence-electron chi connectivity index (χ1n) is 4.30. The predicted molar refractivity (Wildman–Crippen MR) is 65.3 cm³/mol. The Kier molecular flexibility index (Phi) is 5.23. The first kappa shape index (κ1) is 12.6. The van der Waals surface area contributed by atoms with Gasteiger partial charge in [0, 0.05) is 22.9 Å². The third-order valence-corrected chi connectivity index (χ3v) is 2.51. The Morgan fingerprint density at radius 3 is 2.67 bits per heavy atom. The summed E-state index contributed by atoms with van der Waals surface area (Å²) in [5.74, 6) is 0.459. The van der Waals surface area contributed by atoms with Crippen molar-refractivity contribution in [2.75, 3.05) is 13.0 Å². The molecule has 0 N–H and O–H groups in total. The second kappa shape index (κ2) is 6.21. The Balaban J connectivity index is 3.06. The molecule has 2 nitrogen and oxygen atoms in total. The van der Waals surface area contributed by atoms with Crippen LogP contribution in [0.3, 0.4) is 0 Å². The van der Waals surface area contributed by atoms with Gasteiger partial charge in [-0.15, -0.1) is 11.6 Å². The van der Waals surface area contributed by atoms with Crippen LogP contribution in [0.25, 0.3) is 0 Å². The van der Waals surface area contributed by atoms with Crippen molar-refractivity contribution < 1.29 is 4.84 Å². The van der Waals surface area contributed by atoms with Crippen molar-refractivity contribution in [1.82, 2.24) is 0 Å². The summed E-state index contributed by atoms with van der Waals surface area (Å²) in [6.07, 6.45) is 0.594. The van der Waals surface area contributed by atoms with Crippen LogP contribution in [-0.4, -0.2) is 18.7 Å². The highest BCUT2D eigenvalue weighted by Crippen LogP contribution is 2.22. The van der Waals surface area contributed by atoms with Gasteiger partial charge in [-0.1, -0.05) is 34.4 Å².